The molecule has 1 rings (SSSR count). The third-order valence-corrected chi connectivity index (χ3v) is 3.18. The third kappa shape index (κ3) is 3.38. The van der Waals surface area contributed by atoms with Crippen LogP contribution in [0, 0.1) is 0 Å². The summed E-state index contributed by atoms with van der Waals surface area (Å²) in [6.45, 7) is 2.25. The van der Waals surface area contributed by atoms with Gasteiger partial charge in [-0.1, -0.05) is 22.9 Å². The van der Waals surface area contributed by atoms with Crippen molar-refractivity contribution < 1.29 is 17.9 Å². The number of rotatable bonds is 4. The monoisotopic (exact) mass is 325 g/mol. The van der Waals surface area contributed by atoms with Crippen LogP contribution in [0.2, 0.25) is 0 Å². The highest BCUT2D eigenvalue weighted by atomic mass is 79.9. The Morgan fingerprint density at radius 2 is 2.00 bits per heavy atom. The smallest absolute Gasteiger partial charge is 0.420 e. The molecule has 1 aromatic rings. The van der Waals surface area contributed by atoms with Crippen LogP contribution in [0.4, 0.5) is 13.2 Å². The third-order valence-electron chi connectivity index (χ3n) is 2.72. The molecule has 0 saturated carbocycles. The van der Waals surface area contributed by atoms with E-state index in [-0.39, 0.29) is 11.7 Å². The predicted octanol–water partition coefficient (Wildman–Crippen LogP) is 3.93. The first-order valence-electron chi connectivity index (χ1n) is 5.46. The minimum Gasteiger partial charge on any atom is -0.496 e. The van der Waals surface area contributed by atoms with Gasteiger partial charge < -0.3 is 10.5 Å². The maximum Gasteiger partial charge on any atom is 0.420 e. The van der Waals surface area contributed by atoms with Gasteiger partial charge in [-0.15, -0.1) is 0 Å². The normalized spacial score (nSPS) is 13.5. The van der Waals surface area contributed by atoms with Crippen molar-refractivity contribution in [1.29, 1.82) is 0 Å². The summed E-state index contributed by atoms with van der Waals surface area (Å²) in [6.07, 6.45) is -3.84. The number of ether oxygens (including phenoxy) is 1. The van der Waals surface area contributed by atoms with E-state index in [0.717, 1.165) is 6.07 Å². The van der Waals surface area contributed by atoms with E-state index in [2.05, 4.69) is 15.9 Å². The minimum absolute atomic E-state index is 0.0939. The lowest BCUT2D eigenvalue weighted by atomic mass is 9.94. The van der Waals surface area contributed by atoms with E-state index in [0.29, 0.717) is 23.0 Å². The van der Waals surface area contributed by atoms with E-state index < -0.39 is 11.7 Å². The van der Waals surface area contributed by atoms with Gasteiger partial charge in [-0.2, -0.15) is 13.2 Å². The van der Waals surface area contributed by atoms with Crippen molar-refractivity contribution in [3.8, 4) is 5.75 Å². The summed E-state index contributed by atoms with van der Waals surface area (Å²) >= 11 is 3.10. The Labute approximate surface area is 112 Å². The molecule has 2 N–H and O–H groups in total. The van der Waals surface area contributed by atoms with Crippen LogP contribution in [0.25, 0.3) is 0 Å². The van der Waals surface area contributed by atoms with Crippen molar-refractivity contribution in [3.05, 3.63) is 27.7 Å². The molecule has 0 aliphatic rings. The molecule has 6 heteroatoms. The standard InChI is InChI=1S/C12H15BrF3NO/c1-7(3-4-17)9-5-8(13)6-10(11(9)18-2)12(14,15)16/h5-7H,3-4,17H2,1-2H3. The molecule has 1 atom stereocenters. The minimum atomic E-state index is -4.44. The van der Waals surface area contributed by atoms with Gasteiger partial charge in [0.15, 0.2) is 0 Å². The van der Waals surface area contributed by atoms with Crippen LogP contribution >= 0.6 is 15.9 Å². The van der Waals surface area contributed by atoms with Crippen molar-refractivity contribution in [2.24, 2.45) is 5.73 Å². The lowest BCUT2D eigenvalue weighted by molar-refractivity contribution is -0.138. The number of halogens is 4. The van der Waals surface area contributed by atoms with Gasteiger partial charge >= 0.3 is 6.18 Å². The highest BCUT2D eigenvalue weighted by molar-refractivity contribution is 9.10. The summed E-state index contributed by atoms with van der Waals surface area (Å²) in [6, 6.07) is 2.67. The maximum absolute atomic E-state index is 12.9. The maximum atomic E-state index is 12.9. The molecular formula is C12H15BrF3NO. The molecule has 1 unspecified atom stereocenters. The number of hydrogen-bond acceptors (Lipinski definition) is 2. The molecule has 0 saturated heterocycles. The van der Waals surface area contributed by atoms with E-state index in [4.69, 9.17) is 10.5 Å². The molecule has 0 aliphatic heterocycles. The van der Waals surface area contributed by atoms with Crippen LogP contribution in [0.5, 0.6) is 5.75 Å². The quantitative estimate of drug-likeness (QED) is 0.910. The van der Waals surface area contributed by atoms with E-state index in [9.17, 15) is 13.2 Å². The van der Waals surface area contributed by atoms with Crippen molar-refractivity contribution in [2.45, 2.75) is 25.4 Å². The van der Waals surface area contributed by atoms with Crippen LogP contribution in [0.15, 0.2) is 16.6 Å². The van der Waals surface area contributed by atoms with E-state index in [1.54, 1.807) is 6.07 Å². The fourth-order valence-corrected chi connectivity index (χ4v) is 2.30. The van der Waals surface area contributed by atoms with Gasteiger partial charge in [0, 0.05) is 4.47 Å². The average Bonchev–Trinajstić information content (AvgIpc) is 2.27. The number of hydrogen-bond donors (Lipinski definition) is 1. The molecule has 0 spiro atoms. The Kier molecular flexibility index (Phi) is 5.04. The topological polar surface area (TPSA) is 35.2 Å². The summed E-state index contributed by atoms with van der Waals surface area (Å²) in [5, 5.41) is 0. The zero-order chi connectivity index (χ0) is 13.9. The van der Waals surface area contributed by atoms with Gasteiger partial charge in [0.1, 0.15) is 5.75 Å². The molecule has 1 aromatic carbocycles. The first-order chi connectivity index (χ1) is 8.31. The summed E-state index contributed by atoms with van der Waals surface area (Å²) in [4.78, 5) is 0. The van der Waals surface area contributed by atoms with E-state index in [1.165, 1.54) is 7.11 Å². The summed E-state index contributed by atoms with van der Waals surface area (Å²) in [5.41, 5.74) is 5.20. The second kappa shape index (κ2) is 5.93. The van der Waals surface area contributed by atoms with Gasteiger partial charge in [-0.05, 0) is 36.6 Å². The zero-order valence-corrected chi connectivity index (χ0v) is 11.7. The van der Waals surface area contributed by atoms with Crippen molar-refractivity contribution in [2.75, 3.05) is 13.7 Å². The lowest BCUT2D eigenvalue weighted by Gasteiger charge is -2.20. The van der Waals surface area contributed by atoms with Gasteiger partial charge in [0.2, 0.25) is 0 Å². The van der Waals surface area contributed by atoms with E-state index in [1.807, 2.05) is 6.92 Å². The number of alkyl halides is 3. The van der Waals surface area contributed by atoms with E-state index >= 15 is 0 Å². The van der Waals surface area contributed by atoms with Crippen molar-refractivity contribution >= 4 is 15.9 Å². The molecule has 0 fully saturated rings. The van der Waals surface area contributed by atoms with Crippen LogP contribution in [0.3, 0.4) is 0 Å². The van der Waals surface area contributed by atoms with Gasteiger partial charge in [0.05, 0.1) is 12.7 Å². The Balaban J connectivity index is 3.38. The van der Waals surface area contributed by atoms with Crippen LogP contribution in [-0.4, -0.2) is 13.7 Å². The van der Waals surface area contributed by atoms with Gasteiger partial charge in [0.25, 0.3) is 0 Å². The summed E-state index contributed by atoms with van der Waals surface area (Å²) in [7, 11) is 1.25. The first kappa shape index (κ1) is 15.3. The summed E-state index contributed by atoms with van der Waals surface area (Å²) < 4.78 is 44.1. The van der Waals surface area contributed by atoms with Gasteiger partial charge in [-0.3, -0.25) is 0 Å². The molecule has 0 heterocycles. The molecule has 0 aromatic heterocycles. The average molecular weight is 326 g/mol. The highest BCUT2D eigenvalue weighted by Crippen LogP contribution is 2.42. The SMILES string of the molecule is COc1c(C(C)CCN)cc(Br)cc1C(F)(F)F. The highest BCUT2D eigenvalue weighted by Gasteiger charge is 2.36. The second-order valence-corrected chi connectivity index (χ2v) is 4.97. The predicted molar refractivity (Wildman–Crippen MR) is 67.8 cm³/mol. The molecule has 102 valence electrons. The Hall–Kier alpha value is -0.750. The lowest BCUT2D eigenvalue weighted by Crippen LogP contribution is -2.12. The fraction of sp³-hybridized carbons (Fsp3) is 0.500. The van der Waals surface area contributed by atoms with Crippen LogP contribution < -0.4 is 10.5 Å². The Bertz CT molecular complexity index is 421. The first-order valence-corrected chi connectivity index (χ1v) is 6.25. The molecule has 0 bridgehead atoms. The summed E-state index contributed by atoms with van der Waals surface area (Å²) in [5.74, 6) is -0.213. The molecule has 0 amide bonds. The number of benzene rings is 1. The van der Waals surface area contributed by atoms with Crippen LogP contribution in [0.1, 0.15) is 30.4 Å². The fourth-order valence-electron chi connectivity index (χ4n) is 1.82. The Morgan fingerprint density at radius 3 is 2.44 bits per heavy atom. The zero-order valence-electron chi connectivity index (χ0n) is 10.1. The van der Waals surface area contributed by atoms with Gasteiger partial charge in [-0.25, -0.2) is 0 Å². The molecule has 0 radical (unpaired) electrons. The second-order valence-electron chi connectivity index (χ2n) is 4.05. The number of methoxy groups -OCH3 is 1. The Morgan fingerprint density at radius 1 is 1.39 bits per heavy atom. The molecule has 0 aliphatic carbocycles. The van der Waals surface area contributed by atoms with Crippen LogP contribution in [-0.2, 0) is 6.18 Å². The largest absolute Gasteiger partial charge is 0.496 e. The molecular weight excluding hydrogens is 311 g/mol. The number of nitrogens with two attached hydrogens (primary N) is 1. The molecule has 18 heavy (non-hydrogen) atoms. The van der Waals surface area contributed by atoms with Crippen molar-refractivity contribution in [1.82, 2.24) is 0 Å². The van der Waals surface area contributed by atoms with Crippen molar-refractivity contribution in [3.63, 3.8) is 0 Å². The molecule has 2 nitrogen and oxygen atoms in total.